The number of nitrogens with one attached hydrogen (secondary N) is 2. The van der Waals surface area contributed by atoms with E-state index in [4.69, 9.17) is 0 Å². The monoisotopic (exact) mass is 526 g/mol. The van der Waals surface area contributed by atoms with Crippen LogP contribution in [-0.4, -0.2) is 30.1 Å². The molecule has 9 heteroatoms. The van der Waals surface area contributed by atoms with E-state index in [1.807, 2.05) is 25.1 Å². The second kappa shape index (κ2) is 12.3. The lowest BCUT2D eigenvalue weighted by atomic mass is 10.1. The Bertz CT molecular complexity index is 719. The molecule has 1 aromatic carbocycles. The van der Waals surface area contributed by atoms with Gasteiger partial charge in [0.2, 0.25) is 0 Å². The first-order valence-corrected chi connectivity index (χ1v) is 9.86. The third kappa shape index (κ3) is 8.76. The molecular formula is C19H26F3IN4S. The topological polar surface area (TPSA) is 49.3 Å². The number of aromatic nitrogens is 1. The molecule has 0 fully saturated rings. The van der Waals surface area contributed by atoms with Crippen LogP contribution in [0.4, 0.5) is 13.2 Å². The molecule has 1 unspecified atom stereocenters. The Labute approximate surface area is 185 Å². The summed E-state index contributed by atoms with van der Waals surface area (Å²) >= 11 is 1.02. The summed E-state index contributed by atoms with van der Waals surface area (Å²) in [4.78, 5) is 8.09. The minimum Gasteiger partial charge on any atom is -0.357 e. The van der Waals surface area contributed by atoms with Crippen LogP contribution >= 0.6 is 35.3 Å². The second-order valence-corrected chi connectivity index (χ2v) is 7.15. The molecule has 0 amide bonds. The molecule has 0 saturated carbocycles. The van der Waals surface area contributed by atoms with Crippen molar-refractivity contribution in [2.24, 2.45) is 4.99 Å². The second-order valence-electron chi connectivity index (χ2n) is 6.20. The molecule has 2 aromatic rings. The number of benzene rings is 1. The van der Waals surface area contributed by atoms with E-state index in [1.54, 1.807) is 0 Å². The number of aryl methyl sites for hydroxylation is 1. The van der Waals surface area contributed by atoms with Gasteiger partial charge in [0.25, 0.3) is 0 Å². The van der Waals surface area contributed by atoms with Crippen LogP contribution in [0.3, 0.4) is 0 Å². The van der Waals surface area contributed by atoms with Crippen molar-refractivity contribution in [3.05, 3.63) is 52.0 Å². The third-order valence-electron chi connectivity index (χ3n) is 3.87. The molecule has 1 heterocycles. The van der Waals surface area contributed by atoms with Gasteiger partial charge >= 0.3 is 6.18 Å². The maximum Gasteiger partial charge on any atom is 0.434 e. The van der Waals surface area contributed by atoms with E-state index in [1.165, 1.54) is 5.56 Å². The van der Waals surface area contributed by atoms with Gasteiger partial charge in [-0.1, -0.05) is 30.3 Å². The first-order valence-electron chi connectivity index (χ1n) is 8.99. The SMILES string of the molecule is CCNC(=NCCc1nc(C(F)(F)F)cs1)NC(C)CCc1ccccc1.I. The number of alkyl halides is 3. The fourth-order valence-corrected chi connectivity index (χ4v) is 3.27. The Kier molecular flexibility index (Phi) is 10.8. The minimum atomic E-state index is -4.39. The van der Waals surface area contributed by atoms with Crippen molar-refractivity contribution < 1.29 is 13.2 Å². The van der Waals surface area contributed by atoms with Gasteiger partial charge in [-0.05, 0) is 32.3 Å². The van der Waals surface area contributed by atoms with Gasteiger partial charge in [-0.2, -0.15) is 13.2 Å². The highest BCUT2D eigenvalue weighted by Gasteiger charge is 2.33. The predicted octanol–water partition coefficient (Wildman–Crippen LogP) is 4.90. The molecule has 0 aliphatic heterocycles. The first kappa shape index (κ1) is 24.7. The van der Waals surface area contributed by atoms with Crippen molar-refractivity contribution >= 4 is 41.3 Å². The van der Waals surface area contributed by atoms with Crippen LogP contribution < -0.4 is 10.6 Å². The molecule has 0 radical (unpaired) electrons. The lowest BCUT2D eigenvalue weighted by Crippen LogP contribution is -2.42. The summed E-state index contributed by atoms with van der Waals surface area (Å²) in [5.74, 6) is 0.672. The number of hydrogen-bond donors (Lipinski definition) is 2. The van der Waals surface area contributed by atoms with Crippen LogP contribution in [0.5, 0.6) is 0 Å². The molecule has 0 saturated heterocycles. The largest absolute Gasteiger partial charge is 0.434 e. The first-order chi connectivity index (χ1) is 12.9. The van der Waals surface area contributed by atoms with Crippen molar-refractivity contribution in [1.29, 1.82) is 0 Å². The van der Waals surface area contributed by atoms with E-state index in [0.29, 0.717) is 30.5 Å². The number of aliphatic imine (C=N–C) groups is 1. The molecule has 2 rings (SSSR count). The van der Waals surface area contributed by atoms with Gasteiger partial charge in [0, 0.05) is 30.9 Å². The standard InChI is InChI=1S/C19H25F3N4S.HI/c1-3-23-18(25-14(2)9-10-15-7-5-4-6-8-15)24-12-11-17-26-16(13-27-17)19(20,21)22;/h4-8,13-14H,3,9-12H2,1-2H3,(H2,23,24,25);1H. The van der Waals surface area contributed by atoms with Crippen molar-refractivity contribution in [2.75, 3.05) is 13.1 Å². The van der Waals surface area contributed by atoms with E-state index >= 15 is 0 Å². The lowest BCUT2D eigenvalue weighted by Gasteiger charge is -2.17. The van der Waals surface area contributed by atoms with Crippen LogP contribution in [0.25, 0.3) is 0 Å². The van der Waals surface area contributed by atoms with Crippen LogP contribution in [0.2, 0.25) is 0 Å². The fourth-order valence-electron chi connectivity index (χ4n) is 2.47. The van der Waals surface area contributed by atoms with E-state index < -0.39 is 11.9 Å². The van der Waals surface area contributed by atoms with Crippen molar-refractivity contribution in [3.63, 3.8) is 0 Å². The van der Waals surface area contributed by atoms with Crippen LogP contribution in [0.1, 0.15) is 36.5 Å². The van der Waals surface area contributed by atoms with Gasteiger partial charge in [0.05, 0.1) is 5.01 Å². The molecule has 4 nitrogen and oxygen atoms in total. The average molecular weight is 526 g/mol. The summed E-state index contributed by atoms with van der Waals surface area (Å²) in [6.45, 7) is 5.16. The number of guanidine groups is 1. The fraction of sp³-hybridized carbons (Fsp3) is 0.474. The van der Waals surface area contributed by atoms with Gasteiger partial charge in [0.15, 0.2) is 11.7 Å². The Morgan fingerprint density at radius 3 is 2.54 bits per heavy atom. The van der Waals surface area contributed by atoms with E-state index in [2.05, 4.69) is 39.7 Å². The number of hydrogen-bond acceptors (Lipinski definition) is 3. The number of thiazole rings is 1. The molecule has 28 heavy (non-hydrogen) atoms. The van der Waals surface area contributed by atoms with Crippen molar-refractivity contribution in [3.8, 4) is 0 Å². The van der Waals surface area contributed by atoms with E-state index in [9.17, 15) is 13.2 Å². The number of rotatable bonds is 8. The molecule has 1 aromatic heterocycles. The smallest absolute Gasteiger partial charge is 0.357 e. The van der Waals surface area contributed by atoms with Gasteiger partial charge in [-0.3, -0.25) is 4.99 Å². The number of halogens is 4. The van der Waals surface area contributed by atoms with Gasteiger partial charge in [-0.15, -0.1) is 35.3 Å². The predicted molar refractivity (Wildman–Crippen MR) is 120 cm³/mol. The van der Waals surface area contributed by atoms with Crippen LogP contribution in [-0.2, 0) is 19.0 Å². The Hall–Kier alpha value is -1.36. The van der Waals surface area contributed by atoms with Gasteiger partial charge < -0.3 is 10.6 Å². The lowest BCUT2D eigenvalue weighted by molar-refractivity contribution is -0.140. The Morgan fingerprint density at radius 1 is 1.21 bits per heavy atom. The van der Waals surface area contributed by atoms with E-state index in [0.717, 1.165) is 29.6 Å². The highest BCUT2D eigenvalue weighted by atomic mass is 127. The molecule has 0 spiro atoms. The molecule has 1 atom stereocenters. The summed E-state index contributed by atoms with van der Waals surface area (Å²) in [6, 6.07) is 10.5. The van der Waals surface area contributed by atoms with E-state index in [-0.39, 0.29) is 30.0 Å². The minimum absolute atomic E-state index is 0. The molecule has 156 valence electrons. The highest BCUT2D eigenvalue weighted by Crippen LogP contribution is 2.30. The summed E-state index contributed by atoms with van der Waals surface area (Å²) in [6.07, 6.45) is -2.08. The summed E-state index contributed by atoms with van der Waals surface area (Å²) in [5.41, 5.74) is 0.461. The maximum absolute atomic E-state index is 12.6. The molecule has 2 N–H and O–H groups in total. The molecule has 0 bridgehead atoms. The maximum atomic E-state index is 12.6. The molecule has 0 aliphatic rings. The Balaban J connectivity index is 0.00000392. The zero-order chi connectivity index (χ0) is 19.7. The molecule has 0 aliphatic carbocycles. The van der Waals surface area contributed by atoms with Crippen LogP contribution in [0, 0.1) is 0 Å². The summed E-state index contributed by atoms with van der Waals surface area (Å²) < 4.78 is 37.8. The zero-order valence-corrected chi connectivity index (χ0v) is 19.1. The highest BCUT2D eigenvalue weighted by molar-refractivity contribution is 14.0. The zero-order valence-electron chi connectivity index (χ0n) is 15.9. The summed E-state index contributed by atoms with van der Waals surface area (Å²) in [7, 11) is 0. The molecular weight excluding hydrogens is 500 g/mol. The van der Waals surface area contributed by atoms with Crippen LogP contribution in [0.15, 0.2) is 40.7 Å². The van der Waals surface area contributed by atoms with Gasteiger partial charge in [-0.25, -0.2) is 4.98 Å². The number of nitrogens with zero attached hydrogens (tertiary/aromatic N) is 2. The summed E-state index contributed by atoms with van der Waals surface area (Å²) in [5, 5.41) is 8.01. The quantitative estimate of drug-likeness (QED) is 0.293. The van der Waals surface area contributed by atoms with Crippen molar-refractivity contribution in [1.82, 2.24) is 15.6 Å². The normalized spacial score (nSPS) is 13.0. The van der Waals surface area contributed by atoms with Crippen molar-refractivity contribution in [2.45, 2.75) is 45.3 Å². The van der Waals surface area contributed by atoms with Gasteiger partial charge in [0.1, 0.15) is 0 Å². The average Bonchev–Trinajstić information content (AvgIpc) is 3.10. The third-order valence-corrected chi connectivity index (χ3v) is 4.78. The Morgan fingerprint density at radius 2 is 1.93 bits per heavy atom.